The summed E-state index contributed by atoms with van der Waals surface area (Å²) in [6.45, 7) is 0. The van der Waals surface area contributed by atoms with Gasteiger partial charge in [0, 0.05) is 35.6 Å². The fourth-order valence-electron chi connectivity index (χ4n) is 0. The van der Waals surface area contributed by atoms with Crippen LogP contribution in [0.5, 0.6) is 0 Å². The third kappa shape index (κ3) is 133. The second-order valence-corrected chi connectivity index (χ2v) is 1.54. The fourth-order valence-corrected chi connectivity index (χ4v) is 0. The number of hydrogen-bond donors (Lipinski definition) is 3. The average molecular weight is 164 g/mol. The Bertz CT molecular complexity index is 57.8. The summed E-state index contributed by atoms with van der Waals surface area (Å²) in [5, 5.41) is 0. The Morgan fingerprint density at radius 2 is 1.14 bits per heavy atom. The van der Waals surface area contributed by atoms with Crippen molar-refractivity contribution in [2.45, 2.75) is 0 Å². The molecule has 4 nitrogen and oxygen atoms in total. The predicted molar refractivity (Wildman–Crippen MR) is 20.0 cm³/mol. The molecule has 0 aromatic rings. The molecule has 0 spiro atoms. The smallest absolute Gasteiger partial charge is 0.303 e. The van der Waals surface area contributed by atoms with E-state index in [0.29, 0.717) is 0 Å². The molecule has 0 aliphatic rings. The summed E-state index contributed by atoms with van der Waals surface area (Å²) in [6, 6.07) is 0. The minimum atomic E-state index is -4.64. The minimum absolute atomic E-state index is 0. The normalized spacial score (nSPS) is 8.43. The molecule has 0 unspecified atom stereocenters. The van der Waals surface area contributed by atoms with Gasteiger partial charge in [0.15, 0.2) is 0 Å². The molecule has 0 aliphatic carbocycles. The van der Waals surface area contributed by atoms with Gasteiger partial charge in [0.1, 0.15) is 0 Å². The zero-order valence-electron chi connectivity index (χ0n) is 3.53. The Hall–Kier alpha value is 1.21. The van der Waals surface area contributed by atoms with Gasteiger partial charge in [-0.05, 0) is 0 Å². The van der Waals surface area contributed by atoms with Crippen molar-refractivity contribution in [1.82, 2.24) is 0 Å². The van der Waals surface area contributed by atoms with Crippen LogP contribution >= 0.6 is 7.82 Å². The van der Waals surface area contributed by atoms with Gasteiger partial charge < -0.3 is 14.7 Å². The van der Waals surface area contributed by atoms with E-state index in [1.807, 2.05) is 0 Å². The van der Waals surface area contributed by atoms with E-state index in [4.69, 9.17) is 19.2 Å². The first-order valence-corrected chi connectivity index (χ1v) is 2.35. The molecule has 42 valence electrons. The Morgan fingerprint density at radius 3 is 1.14 bits per heavy atom. The van der Waals surface area contributed by atoms with E-state index in [-0.39, 0.29) is 35.6 Å². The van der Waals surface area contributed by atoms with E-state index < -0.39 is 7.82 Å². The summed E-state index contributed by atoms with van der Waals surface area (Å²) in [5.41, 5.74) is 0. The second-order valence-electron chi connectivity index (χ2n) is 0.513. The van der Waals surface area contributed by atoms with Crippen molar-refractivity contribution in [2.75, 3.05) is 0 Å². The number of hydrogen-bond acceptors (Lipinski definition) is 1. The van der Waals surface area contributed by atoms with E-state index in [1.165, 1.54) is 0 Å². The van der Waals surface area contributed by atoms with Crippen molar-refractivity contribution < 1.29 is 36.0 Å². The van der Waals surface area contributed by atoms with Gasteiger partial charge in [0.2, 0.25) is 0 Å². The van der Waals surface area contributed by atoms with Crippen LogP contribution in [0.4, 0.5) is 0 Å². The largest absolute Gasteiger partial charge is 0.466 e. The Balaban J connectivity index is -0.0000000800. The number of rotatable bonds is 0. The molecule has 0 saturated heterocycles. The maximum atomic E-state index is 8.88. The average Bonchev–Trinajstić information content (AvgIpc) is 0.722. The van der Waals surface area contributed by atoms with Crippen molar-refractivity contribution in [3.05, 3.63) is 0 Å². The monoisotopic (exact) mass is 164 g/mol. The van der Waals surface area contributed by atoms with Crippen LogP contribution < -0.4 is 0 Å². The second kappa shape index (κ2) is 5.35. The first-order chi connectivity index (χ1) is 2.00. The van der Waals surface area contributed by atoms with Crippen molar-refractivity contribution in [2.24, 2.45) is 0 Å². The summed E-state index contributed by atoms with van der Waals surface area (Å²) >= 11 is 0. The number of phosphoric acid groups is 1. The maximum absolute atomic E-state index is 8.88. The zero-order chi connectivity index (χ0) is 4.50. The van der Waals surface area contributed by atoms with E-state index in [9.17, 15) is 0 Å². The van der Waals surface area contributed by atoms with Gasteiger partial charge in [-0.2, -0.15) is 0 Å². The van der Waals surface area contributed by atoms with Crippen molar-refractivity contribution in [3.63, 3.8) is 0 Å². The minimum Gasteiger partial charge on any atom is -0.303 e. The molecule has 3 N–H and O–H groups in total. The molecule has 0 saturated carbocycles. The molecule has 0 atom stereocenters. The maximum Gasteiger partial charge on any atom is 0.466 e. The van der Waals surface area contributed by atoms with E-state index in [0.717, 1.165) is 0 Å². The molecule has 0 aromatic carbocycles. The van der Waals surface area contributed by atoms with E-state index in [1.54, 1.807) is 0 Å². The molecule has 2 radical (unpaired) electrons. The van der Waals surface area contributed by atoms with Crippen molar-refractivity contribution in [3.8, 4) is 0 Å². The first kappa shape index (κ1) is 15.7. The third-order valence-corrected chi connectivity index (χ3v) is 0. The third-order valence-electron chi connectivity index (χ3n) is 0. The van der Waals surface area contributed by atoms with Gasteiger partial charge in [0.25, 0.3) is 0 Å². The quantitative estimate of drug-likeness (QED) is 0.306. The van der Waals surface area contributed by atoms with Gasteiger partial charge in [-0.1, -0.05) is 0 Å². The molecular formula is H3CoLiO4P. The molecule has 0 rings (SSSR count). The SMILES string of the molecule is O=P(O)(O)O.[Co].[Li]. The summed E-state index contributed by atoms with van der Waals surface area (Å²) in [5.74, 6) is 0. The standard InChI is InChI=1S/Co.Li.H3O4P/c;;1-5(2,3)4/h;;(H3,1,2,3,4). The van der Waals surface area contributed by atoms with Crippen LogP contribution in [0.2, 0.25) is 0 Å². The molecule has 7 heteroatoms. The molecule has 0 fully saturated rings. The molecule has 0 aromatic heterocycles. The fraction of sp³-hybridized carbons (Fsp3) is 0. The Kier molecular flexibility index (Phi) is 12.0. The molecule has 7 heavy (non-hydrogen) atoms. The summed E-state index contributed by atoms with van der Waals surface area (Å²) in [7, 11) is -4.64. The molecule has 0 heterocycles. The van der Waals surface area contributed by atoms with Crippen molar-refractivity contribution in [1.29, 1.82) is 0 Å². The van der Waals surface area contributed by atoms with Gasteiger partial charge in [-0.15, -0.1) is 0 Å². The summed E-state index contributed by atoms with van der Waals surface area (Å²) in [4.78, 5) is 21.6. The van der Waals surface area contributed by atoms with Gasteiger partial charge in [-0.3, -0.25) is 0 Å². The Morgan fingerprint density at radius 1 is 1.14 bits per heavy atom. The first-order valence-electron chi connectivity index (χ1n) is 0.783. The van der Waals surface area contributed by atoms with Gasteiger partial charge in [-0.25, -0.2) is 4.57 Å². The van der Waals surface area contributed by atoms with Crippen LogP contribution in [0.15, 0.2) is 0 Å². The van der Waals surface area contributed by atoms with Gasteiger partial charge >= 0.3 is 7.82 Å². The van der Waals surface area contributed by atoms with Crippen LogP contribution in [-0.2, 0) is 21.3 Å². The summed E-state index contributed by atoms with van der Waals surface area (Å²) < 4.78 is 8.88. The van der Waals surface area contributed by atoms with E-state index >= 15 is 0 Å². The van der Waals surface area contributed by atoms with Gasteiger partial charge in [0.05, 0.1) is 0 Å². The predicted octanol–water partition coefficient (Wildman–Crippen LogP) is -1.31. The Labute approximate surface area is 62.9 Å². The van der Waals surface area contributed by atoms with Crippen LogP contribution in [0.25, 0.3) is 0 Å². The van der Waals surface area contributed by atoms with E-state index in [2.05, 4.69) is 0 Å². The van der Waals surface area contributed by atoms with Crippen LogP contribution in [-0.4, -0.2) is 33.5 Å². The molecule has 0 aliphatic heterocycles. The van der Waals surface area contributed by atoms with Crippen LogP contribution in [0.1, 0.15) is 0 Å². The van der Waals surface area contributed by atoms with Crippen molar-refractivity contribution >= 4 is 26.7 Å². The summed E-state index contributed by atoms with van der Waals surface area (Å²) in [6.07, 6.45) is 0. The topological polar surface area (TPSA) is 77.8 Å². The molecule has 0 bridgehead atoms. The van der Waals surface area contributed by atoms with Crippen LogP contribution in [0, 0.1) is 0 Å². The molecule has 0 amide bonds. The zero-order valence-corrected chi connectivity index (χ0v) is 5.47. The molecular weight excluding hydrogens is 161 g/mol. The van der Waals surface area contributed by atoms with Crippen LogP contribution in [0.3, 0.4) is 0 Å².